The zero-order valence-electron chi connectivity index (χ0n) is 19.0. The first kappa shape index (κ1) is 21.3. The number of nitrogens with one attached hydrogen (secondary N) is 1. The van der Waals surface area contributed by atoms with Gasteiger partial charge in [0.15, 0.2) is 12.2 Å². The van der Waals surface area contributed by atoms with E-state index in [4.69, 9.17) is 4.42 Å². The molecular formula is C27H22N4O3. The smallest absolute Gasteiger partial charge is 0.258 e. The van der Waals surface area contributed by atoms with Crippen LogP contribution in [0, 0.1) is 13.8 Å². The third-order valence-corrected chi connectivity index (χ3v) is 5.87. The average molecular weight is 450 g/mol. The van der Waals surface area contributed by atoms with Crippen molar-refractivity contribution in [3.63, 3.8) is 0 Å². The van der Waals surface area contributed by atoms with Gasteiger partial charge in [0.2, 0.25) is 0 Å². The number of nitrogens with zero attached hydrogens (tertiary/aromatic N) is 3. The monoisotopic (exact) mass is 450 g/mol. The maximum atomic E-state index is 13.2. The maximum absolute atomic E-state index is 13.2. The Morgan fingerprint density at radius 2 is 1.85 bits per heavy atom. The topological polar surface area (TPSA) is 90.0 Å². The quantitative estimate of drug-likeness (QED) is 0.410. The molecule has 2 aromatic carbocycles. The molecule has 7 heteroatoms. The molecule has 0 bridgehead atoms. The van der Waals surface area contributed by atoms with Gasteiger partial charge in [0, 0.05) is 46.7 Å². The van der Waals surface area contributed by atoms with Crippen LogP contribution in [0.15, 0.2) is 82.6 Å². The third-order valence-electron chi connectivity index (χ3n) is 5.87. The van der Waals surface area contributed by atoms with Gasteiger partial charge in [0.05, 0.1) is 11.7 Å². The van der Waals surface area contributed by atoms with Crippen molar-refractivity contribution in [3.8, 4) is 22.5 Å². The van der Waals surface area contributed by atoms with E-state index >= 15 is 0 Å². The van der Waals surface area contributed by atoms with E-state index in [1.165, 1.54) is 6.39 Å². The second kappa shape index (κ2) is 8.44. The minimum Gasteiger partial charge on any atom is -0.444 e. The molecule has 3 aromatic heterocycles. The number of pyridine rings is 2. The van der Waals surface area contributed by atoms with Crippen LogP contribution in [0.2, 0.25) is 0 Å². The Morgan fingerprint density at radius 3 is 2.65 bits per heavy atom. The fourth-order valence-electron chi connectivity index (χ4n) is 4.02. The van der Waals surface area contributed by atoms with Gasteiger partial charge in [-0.25, -0.2) is 4.98 Å². The van der Waals surface area contributed by atoms with E-state index in [-0.39, 0.29) is 11.5 Å². The zero-order chi connectivity index (χ0) is 23.8. The number of aryl methyl sites for hydroxylation is 3. The summed E-state index contributed by atoms with van der Waals surface area (Å²) in [7, 11) is 1.75. The second-order valence-electron chi connectivity index (χ2n) is 8.24. The molecule has 5 aromatic rings. The van der Waals surface area contributed by atoms with Gasteiger partial charge in [-0.2, -0.15) is 0 Å². The molecule has 1 amide bonds. The fourth-order valence-corrected chi connectivity index (χ4v) is 4.02. The van der Waals surface area contributed by atoms with Gasteiger partial charge in [0.25, 0.3) is 11.5 Å². The van der Waals surface area contributed by atoms with Gasteiger partial charge >= 0.3 is 0 Å². The predicted octanol–water partition coefficient (Wildman–Crippen LogP) is 5.12. The van der Waals surface area contributed by atoms with Crippen LogP contribution in [-0.2, 0) is 7.05 Å². The largest absolute Gasteiger partial charge is 0.444 e. The van der Waals surface area contributed by atoms with Crippen molar-refractivity contribution in [2.24, 2.45) is 7.05 Å². The lowest BCUT2D eigenvalue weighted by Crippen LogP contribution is -2.20. The average Bonchev–Trinajstić information content (AvgIpc) is 3.37. The molecule has 0 atom stereocenters. The van der Waals surface area contributed by atoms with Crippen molar-refractivity contribution in [3.05, 3.63) is 101 Å². The van der Waals surface area contributed by atoms with E-state index in [9.17, 15) is 9.59 Å². The lowest BCUT2D eigenvalue weighted by molar-refractivity contribution is 0.102. The molecule has 0 unspecified atom stereocenters. The zero-order valence-corrected chi connectivity index (χ0v) is 19.0. The van der Waals surface area contributed by atoms with Gasteiger partial charge in [-0.3, -0.25) is 14.6 Å². The van der Waals surface area contributed by atoms with Gasteiger partial charge in [0.1, 0.15) is 0 Å². The van der Waals surface area contributed by atoms with Crippen molar-refractivity contribution in [1.82, 2.24) is 14.5 Å². The van der Waals surface area contributed by atoms with Crippen LogP contribution in [0.25, 0.3) is 33.4 Å². The molecule has 0 spiro atoms. The van der Waals surface area contributed by atoms with Crippen LogP contribution < -0.4 is 10.9 Å². The Morgan fingerprint density at radius 1 is 1.00 bits per heavy atom. The number of anilines is 1. The Labute approximate surface area is 195 Å². The van der Waals surface area contributed by atoms with Crippen molar-refractivity contribution in [2.75, 3.05) is 5.32 Å². The first-order chi connectivity index (χ1) is 16.4. The summed E-state index contributed by atoms with van der Waals surface area (Å²) in [6.07, 6.45) is 4.75. The standard InChI is InChI=1S/C27H22N4O3/c1-16-7-8-19(26(32)30-21-6-4-5-18(10-21)25-14-28-15-34-25)11-22(16)23-12-20-13-29-17(2)9-24(20)31(3)27(23)33/h4-15H,1-3H3,(H,30,32). The van der Waals surface area contributed by atoms with Crippen LogP contribution in [0.3, 0.4) is 0 Å². The SMILES string of the molecule is Cc1cc2c(cn1)cc(-c1cc(C(=O)Nc3cccc(-c4cnco4)c3)ccc1C)c(=O)n2C. The van der Waals surface area contributed by atoms with Gasteiger partial charge in [-0.15, -0.1) is 0 Å². The summed E-state index contributed by atoms with van der Waals surface area (Å²) in [5.74, 6) is 0.344. The Balaban J connectivity index is 1.51. The van der Waals surface area contributed by atoms with Gasteiger partial charge in [-0.05, 0) is 61.4 Å². The first-order valence-electron chi connectivity index (χ1n) is 10.8. The normalized spacial score (nSPS) is 11.0. The minimum absolute atomic E-state index is 0.126. The molecule has 0 saturated carbocycles. The number of carbonyl (C=O) groups is 1. The fraction of sp³-hybridized carbons (Fsp3) is 0.111. The van der Waals surface area contributed by atoms with Gasteiger partial charge in [-0.1, -0.05) is 18.2 Å². The molecule has 3 heterocycles. The van der Waals surface area contributed by atoms with E-state index < -0.39 is 0 Å². The summed E-state index contributed by atoms with van der Waals surface area (Å²) in [5.41, 5.74) is 5.57. The lowest BCUT2D eigenvalue weighted by Gasteiger charge is -2.13. The number of carbonyl (C=O) groups excluding carboxylic acids is 1. The number of hydrogen-bond acceptors (Lipinski definition) is 5. The highest BCUT2D eigenvalue weighted by Crippen LogP contribution is 2.26. The number of fused-ring (bicyclic) bond motifs is 1. The molecule has 0 aliphatic rings. The lowest BCUT2D eigenvalue weighted by atomic mass is 9.97. The Bertz CT molecular complexity index is 1600. The van der Waals surface area contributed by atoms with E-state index in [1.807, 2.05) is 50.2 Å². The molecule has 0 radical (unpaired) electrons. The molecular weight excluding hydrogens is 428 g/mol. The highest BCUT2D eigenvalue weighted by Gasteiger charge is 2.15. The summed E-state index contributed by atoms with van der Waals surface area (Å²) in [5, 5.41) is 3.79. The molecule has 0 aliphatic heterocycles. The molecule has 7 nitrogen and oxygen atoms in total. The second-order valence-corrected chi connectivity index (χ2v) is 8.24. The molecule has 1 N–H and O–H groups in total. The third kappa shape index (κ3) is 3.88. The van der Waals surface area contributed by atoms with E-state index in [2.05, 4.69) is 15.3 Å². The highest BCUT2D eigenvalue weighted by atomic mass is 16.3. The van der Waals surface area contributed by atoms with Gasteiger partial charge < -0.3 is 14.3 Å². The van der Waals surface area contributed by atoms with Crippen molar-refractivity contribution >= 4 is 22.5 Å². The summed E-state index contributed by atoms with van der Waals surface area (Å²) in [4.78, 5) is 34.6. The number of oxazole rings is 1. The number of hydrogen-bond donors (Lipinski definition) is 1. The van der Waals surface area contributed by atoms with Crippen molar-refractivity contribution < 1.29 is 9.21 Å². The Hall–Kier alpha value is -4.52. The number of benzene rings is 2. The van der Waals surface area contributed by atoms with Crippen LogP contribution in [0.1, 0.15) is 21.6 Å². The molecule has 168 valence electrons. The van der Waals surface area contributed by atoms with E-state index in [1.54, 1.807) is 42.2 Å². The predicted molar refractivity (Wildman–Crippen MR) is 132 cm³/mol. The molecule has 0 saturated heterocycles. The van der Waals surface area contributed by atoms with E-state index in [0.717, 1.165) is 27.7 Å². The van der Waals surface area contributed by atoms with Crippen LogP contribution in [-0.4, -0.2) is 20.4 Å². The minimum atomic E-state index is -0.272. The summed E-state index contributed by atoms with van der Waals surface area (Å²) in [6, 6.07) is 16.4. The summed E-state index contributed by atoms with van der Waals surface area (Å²) < 4.78 is 6.97. The van der Waals surface area contributed by atoms with Crippen molar-refractivity contribution in [2.45, 2.75) is 13.8 Å². The van der Waals surface area contributed by atoms with Crippen LogP contribution >= 0.6 is 0 Å². The first-order valence-corrected chi connectivity index (χ1v) is 10.8. The molecule has 5 rings (SSSR count). The summed E-state index contributed by atoms with van der Waals surface area (Å²) in [6.45, 7) is 3.82. The molecule has 0 fully saturated rings. The highest BCUT2D eigenvalue weighted by molar-refractivity contribution is 6.05. The molecule has 0 aliphatic carbocycles. The maximum Gasteiger partial charge on any atom is 0.258 e. The number of rotatable bonds is 4. The molecule has 34 heavy (non-hydrogen) atoms. The van der Waals surface area contributed by atoms with Crippen LogP contribution in [0.4, 0.5) is 5.69 Å². The number of aromatic nitrogens is 3. The summed E-state index contributed by atoms with van der Waals surface area (Å²) >= 11 is 0. The Kier molecular flexibility index (Phi) is 5.30. The van der Waals surface area contributed by atoms with Crippen molar-refractivity contribution in [1.29, 1.82) is 0 Å². The van der Waals surface area contributed by atoms with Crippen LogP contribution in [0.5, 0.6) is 0 Å². The number of amides is 1. The van der Waals surface area contributed by atoms with E-state index in [0.29, 0.717) is 28.1 Å².